The second-order valence-corrected chi connectivity index (χ2v) is 10.5. The van der Waals surface area contributed by atoms with E-state index in [0.717, 1.165) is 28.1 Å². The zero-order chi connectivity index (χ0) is 27.0. The Morgan fingerprint density at radius 3 is 2.55 bits per heavy atom. The molecule has 1 aliphatic rings. The number of thiazole rings is 1. The number of fused-ring (bicyclic) bond motifs is 1. The van der Waals surface area contributed by atoms with Crippen molar-refractivity contribution >= 4 is 40.0 Å². The molecule has 5 rings (SSSR count). The van der Waals surface area contributed by atoms with Crippen LogP contribution in [-0.2, 0) is 4.79 Å². The van der Waals surface area contributed by atoms with E-state index < -0.39 is 4.92 Å². The number of nitrogens with zero attached hydrogens (tertiary/aromatic N) is 5. The van der Waals surface area contributed by atoms with Gasteiger partial charge in [-0.25, -0.2) is 9.67 Å². The smallest absolute Gasteiger partial charge is 0.279 e. The molecular weight excluding hydrogens is 498 g/mol. The molecule has 0 saturated heterocycles. The second-order valence-electron chi connectivity index (χ2n) is 9.63. The minimum atomic E-state index is -0.423. The number of carbonyl (C=O) groups excluding carboxylic acids is 1. The van der Waals surface area contributed by atoms with Gasteiger partial charge in [-0.2, -0.15) is 5.10 Å². The van der Waals surface area contributed by atoms with Crippen molar-refractivity contribution in [3.8, 4) is 11.3 Å². The van der Waals surface area contributed by atoms with Gasteiger partial charge < -0.3 is 4.90 Å². The van der Waals surface area contributed by atoms with Crippen LogP contribution >= 0.6 is 11.3 Å². The van der Waals surface area contributed by atoms with E-state index >= 15 is 0 Å². The summed E-state index contributed by atoms with van der Waals surface area (Å²) in [6.07, 6.45) is 0. The van der Waals surface area contributed by atoms with Crippen LogP contribution in [0.4, 0.5) is 17.1 Å². The molecule has 38 heavy (non-hydrogen) atoms. The Labute approximate surface area is 224 Å². The Bertz CT molecular complexity index is 1660. The number of anilines is 1. The largest absolute Gasteiger partial charge is 0.306 e. The molecule has 0 N–H and O–H groups in total. The van der Waals surface area contributed by atoms with Gasteiger partial charge in [0.15, 0.2) is 5.71 Å². The molecule has 8 nitrogen and oxygen atoms in total. The molecule has 1 amide bonds. The summed E-state index contributed by atoms with van der Waals surface area (Å²) >= 11 is 1.37. The SMILES string of the molecule is Cc1cccc(N=c2scc(-c3cccc([N+](=O)[O-])c3)n2/N=C2/C(=O)N(CC(C)C)c3ccccc32)c1C. The summed E-state index contributed by atoms with van der Waals surface area (Å²) in [6.45, 7) is 8.75. The predicted octanol–water partition coefficient (Wildman–Crippen LogP) is 6.23. The lowest BCUT2D eigenvalue weighted by Gasteiger charge is -2.18. The van der Waals surface area contributed by atoms with Gasteiger partial charge in [0.2, 0.25) is 4.80 Å². The van der Waals surface area contributed by atoms with Crippen LogP contribution in [0.1, 0.15) is 30.5 Å². The summed E-state index contributed by atoms with van der Waals surface area (Å²) in [6, 6.07) is 19.9. The number of aromatic nitrogens is 1. The van der Waals surface area contributed by atoms with Gasteiger partial charge in [0.1, 0.15) is 0 Å². The van der Waals surface area contributed by atoms with Crippen LogP contribution in [0.2, 0.25) is 0 Å². The summed E-state index contributed by atoms with van der Waals surface area (Å²) in [5.74, 6) is 0.0942. The standard InChI is InChI=1S/C29H27N5O3S/c1-18(2)16-32-25-14-6-5-12-23(25)27(28(32)35)31-33-26(21-10-8-11-22(15-21)34(36)37)17-38-29(33)30-24-13-7-9-19(3)20(24)4/h5-15,17-18H,16H2,1-4H3/b30-29?,31-27+. The number of nitro groups is 1. The van der Waals surface area contributed by atoms with Crippen molar-refractivity contribution in [1.82, 2.24) is 4.68 Å². The van der Waals surface area contributed by atoms with Gasteiger partial charge in [0.05, 0.1) is 22.0 Å². The van der Waals surface area contributed by atoms with Crippen molar-refractivity contribution < 1.29 is 9.72 Å². The predicted molar refractivity (Wildman–Crippen MR) is 151 cm³/mol. The maximum atomic E-state index is 13.6. The average molecular weight is 526 g/mol. The minimum Gasteiger partial charge on any atom is -0.306 e. The number of hydrogen-bond acceptors (Lipinski definition) is 6. The summed E-state index contributed by atoms with van der Waals surface area (Å²) in [5, 5.41) is 18.2. The van der Waals surface area contributed by atoms with Crippen molar-refractivity contribution in [2.75, 3.05) is 11.4 Å². The fraction of sp³-hybridized carbons (Fsp3) is 0.207. The fourth-order valence-electron chi connectivity index (χ4n) is 4.42. The van der Waals surface area contributed by atoms with Crippen LogP contribution in [0.5, 0.6) is 0 Å². The third-order valence-electron chi connectivity index (χ3n) is 6.48. The van der Waals surface area contributed by atoms with E-state index in [2.05, 4.69) is 13.8 Å². The first kappa shape index (κ1) is 25.3. The lowest BCUT2D eigenvalue weighted by Crippen LogP contribution is -2.33. The van der Waals surface area contributed by atoms with E-state index in [9.17, 15) is 14.9 Å². The molecule has 1 aliphatic heterocycles. The Hall–Kier alpha value is -4.37. The number of non-ortho nitro benzene ring substituents is 1. The molecule has 9 heteroatoms. The molecule has 0 saturated carbocycles. The molecule has 4 aromatic rings. The zero-order valence-electron chi connectivity index (χ0n) is 21.6. The van der Waals surface area contributed by atoms with Crippen LogP contribution < -0.4 is 9.70 Å². The molecule has 0 fully saturated rings. The Balaban J connectivity index is 1.75. The van der Waals surface area contributed by atoms with E-state index in [4.69, 9.17) is 10.1 Å². The first-order valence-electron chi connectivity index (χ1n) is 12.3. The number of carbonyl (C=O) groups is 1. The highest BCUT2D eigenvalue weighted by atomic mass is 32.1. The highest BCUT2D eigenvalue weighted by molar-refractivity contribution is 7.07. The lowest BCUT2D eigenvalue weighted by atomic mass is 10.1. The first-order chi connectivity index (χ1) is 18.2. The second kappa shape index (κ2) is 10.2. The van der Waals surface area contributed by atoms with E-state index in [1.807, 2.05) is 61.7 Å². The maximum absolute atomic E-state index is 13.6. The van der Waals surface area contributed by atoms with Crippen LogP contribution in [0.25, 0.3) is 11.3 Å². The van der Waals surface area contributed by atoms with Gasteiger partial charge in [-0.3, -0.25) is 14.9 Å². The van der Waals surface area contributed by atoms with Gasteiger partial charge >= 0.3 is 0 Å². The van der Waals surface area contributed by atoms with Crippen LogP contribution in [0.3, 0.4) is 0 Å². The Kier molecular flexibility index (Phi) is 6.77. The van der Waals surface area contributed by atoms with Gasteiger partial charge in [-0.1, -0.05) is 56.3 Å². The van der Waals surface area contributed by atoms with Crippen molar-refractivity contribution in [1.29, 1.82) is 0 Å². The van der Waals surface area contributed by atoms with Crippen molar-refractivity contribution in [3.05, 3.63) is 104 Å². The molecule has 2 heterocycles. The number of rotatable bonds is 6. The van der Waals surface area contributed by atoms with Crippen LogP contribution in [0, 0.1) is 29.9 Å². The highest BCUT2D eigenvalue weighted by Gasteiger charge is 2.34. The van der Waals surface area contributed by atoms with Crippen LogP contribution in [0.15, 0.2) is 82.2 Å². The molecule has 0 unspecified atom stereocenters. The fourth-order valence-corrected chi connectivity index (χ4v) is 5.26. The summed E-state index contributed by atoms with van der Waals surface area (Å²) in [5.41, 5.74) is 6.05. The van der Waals surface area contributed by atoms with E-state index in [0.29, 0.717) is 28.3 Å². The van der Waals surface area contributed by atoms with Crippen molar-refractivity contribution in [2.45, 2.75) is 27.7 Å². The van der Waals surface area contributed by atoms with E-state index in [1.165, 1.54) is 23.5 Å². The third-order valence-corrected chi connectivity index (χ3v) is 7.29. The van der Waals surface area contributed by atoms with Gasteiger partial charge in [-0.05, 0) is 43.0 Å². The van der Waals surface area contributed by atoms with Gasteiger partial charge in [-0.15, -0.1) is 11.3 Å². The monoisotopic (exact) mass is 525 g/mol. The normalized spacial score (nSPS) is 14.6. The minimum absolute atomic E-state index is 0.0219. The quantitative estimate of drug-likeness (QED) is 0.221. The number of amides is 1. The number of para-hydroxylation sites is 1. The van der Waals surface area contributed by atoms with Gasteiger partial charge in [0.25, 0.3) is 11.6 Å². The van der Waals surface area contributed by atoms with Gasteiger partial charge in [0, 0.05) is 35.2 Å². The zero-order valence-corrected chi connectivity index (χ0v) is 22.4. The molecule has 0 atom stereocenters. The molecule has 192 valence electrons. The number of nitro benzene ring substituents is 1. The summed E-state index contributed by atoms with van der Waals surface area (Å²) in [7, 11) is 0. The molecule has 1 aromatic heterocycles. The Morgan fingerprint density at radius 1 is 1.03 bits per heavy atom. The third kappa shape index (κ3) is 4.68. The molecule has 0 spiro atoms. The van der Waals surface area contributed by atoms with E-state index in [-0.39, 0.29) is 17.5 Å². The molecule has 0 bridgehead atoms. The number of benzene rings is 3. The van der Waals surface area contributed by atoms with Crippen LogP contribution in [-0.4, -0.2) is 27.8 Å². The molecular formula is C29H27N5O3S. The number of hydrogen-bond donors (Lipinski definition) is 0. The van der Waals surface area contributed by atoms with E-state index in [1.54, 1.807) is 21.7 Å². The molecule has 3 aromatic carbocycles. The molecule has 0 radical (unpaired) electrons. The summed E-state index contributed by atoms with van der Waals surface area (Å²) in [4.78, 5) is 31.9. The Morgan fingerprint density at radius 2 is 1.79 bits per heavy atom. The average Bonchev–Trinajstić information content (AvgIpc) is 3.41. The van der Waals surface area contributed by atoms with Crippen molar-refractivity contribution in [2.24, 2.45) is 16.0 Å². The summed E-state index contributed by atoms with van der Waals surface area (Å²) < 4.78 is 1.63. The molecule has 0 aliphatic carbocycles. The van der Waals surface area contributed by atoms with Crippen molar-refractivity contribution in [3.63, 3.8) is 0 Å². The lowest BCUT2D eigenvalue weighted by molar-refractivity contribution is -0.384. The highest BCUT2D eigenvalue weighted by Crippen LogP contribution is 2.31. The number of aryl methyl sites for hydroxylation is 1. The maximum Gasteiger partial charge on any atom is 0.279 e. The topological polar surface area (TPSA) is 93.1 Å². The first-order valence-corrected chi connectivity index (χ1v) is 13.2.